The van der Waals surface area contributed by atoms with E-state index < -0.39 is 12.1 Å². The molecule has 2 aromatic heterocycles. The molecule has 0 radical (unpaired) electrons. The summed E-state index contributed by atoms with van der Waals surface area (Å²) in [6.45, 7) is 19.5. The molecule has 10 nitrogen and oxygen atoms in total. The summed E-state index contributed by atoms with van der Waals surface area (Å²) in [6, 6.07) is 14.9. The Morgan fingerprint density at radius 2 is 1.66 bits per heavy atom. The second kappa shape index (κ2) is 23.3. The number of methoxy groups -OCH3 is 1. The lowest BCUT2D eigenvalue weighted by molar-refractivity contribution is -0.109. The summed E-state index contributed by atoms with van der Waals surface area (Å²) in [6.07, 6.45) is 7.57. The fourth-order valence-corrected chi connectivity index (χ4v) is 4.39. The van der Waals surface area contributed by atoms with Crippen molar-refractivity contribution in [2.45, 2.75) is 99.3 Å². The first-order valence-electron chi connectivity index (χ1n) is 16.8. The van der Waals surface area contributed by atoms with E-state index >= 15 is 0 Å². The Balaban J connectivity index is 0.000000400. The van der Waals surface area contributed by atoms with Crippen molar-refractivity contribution in [2.24, 2.45) is 5.92 Å². The summed E-state index contributed by atoms with van der Waals surface area (Å²) in [5, 5.41) is 5.90. The zero-order valence-corrected chi connectivity index (χ0v) is 30.1. The van der Waals surface area contributed by atoms with Crippen molar-refractivity contribution < 1.29 is 19.1 Å². The maximum atomic E-state index is 11.3. The van der Waals surface area contributed by atoms with E-state index in [1.54, 1.807) is 13.4 Å². The first-order valence-corrected chi connectivity index (χ1v) is 16.8. The molecule has 47 heavy (non-hydrogen) atoms. The minimum absolute atomic E-state index is 0.0417. The molecular weight excluding hydrogens is 592 g/mol. The lowest BCUT2D eigenvalue weighted by Gasteiger charge is -2.34. The summed E-state index contributed by atoms with van der Waals surface area (Å²) in [5.74, 6) is 2.80. The van der Waals surface area contributed by atoms with E-state index in [1.807, 2.05) is 96.3 Å². The largest absolute Gasteiger partial charge is 0.445 e. The topological polar surface area (TPSA) is 119 Å². The Morgan fingerprint density at radius 3 is 2.19 bits per heavy atom. The number of piperidine rings is 1. The smallest absolute Gasteiger partial charge is 0.408 e. The Kier molecular flexibility index (Phi) is 20.3. The van der Waals surface area contributed by atoms with Gasteiger partial charge >= 0.3 is 6.09 Å². The number of aldehydes is 1. The maximum absolute atomic E-state index is 11.3. The number of ether oxygens (including phenoxy) is 2. The minimum Gasteiger partial charge on any atom is -0.445 e. The number of benzene rings is 1. The highest BCUT2D eigenvalue weighted by atomic mass is 16.5. The molecule has 0 bridgehead atoms. The van der Waals surface area contributed by atoms with E-state index in [2.05, 4.69) is 44.3 Å². The molecule has 1 aliphatic heterocycles. The van der Waals surface area contributed by atoms with Crippen molar-refractivity contribution >= 4 is 24.0 Å². The molecule has 1 unspecified atom stereocenters. The van der Waals surface area contributed by atoms with Gasteiger partial charge in [0.1, 0.15) is 30.9 Å². The maximum Gasteiger partial charge on any atom is 0.408 e. The number of alkyl carbamates (subject to hydrolysis) is 1. The number of aryl methyl sites for hydroxylation is 1. The lowest BCUT2D eigenvalue weighted by Crippen LogP contribution is -2.37. The molecule has 2 N–H and O–H groups in total. The fraction of sp³-hybridized carbons (Fsp3) is 0.541. The Morgan fingerprint density at radius 1 is 1.02 bits per heavy atom. The zero-order chi connectivity index (χ0) is 35.1. The minimum atomic E-state index is -0.567. The molecule has 1 aliphatic rings. The van der Waals surface area contributed by atoms with Gasteiger partial charge in [0.05, 0.1) is 11.6 Å². The van der Waals surface area contributed by atoms with Crippen LogP contribution in [0.3, 0.4) is 0 Å². The molecule has 1 saturated heterocycles. The van der Waals surface area contributed by atoms with Gasteiger partial charge in [-0.15, -0.1) is 0 Å². The van der Waals surface area contributed by atoms with Gasteiger partial charge in [0, 0.05) is 44.2 Å². The second-order valence-electron chi connectivity index (χ2n) is 11.8. The van der Waals surface area contributed by atoms with E-state index in [0.29, 0.717) is 18.6 Å². The van der Waals surface area contributed by atoms with Gasteiger partial charge in [-0.05, 0) is 77.0 Å². The quantitative estimate of drug-likeness (QED) is 0.216. The average Bonchev–Trinajstić information content (AvgIpc) is 3.11. The van der Waals surface area contributed by atoms with Crippen molar-refractivity contribution in [2.75, 3.05) is 37.0 Å². The number of rotatable bonds is 10. The highest BCUT2D eigenvalue weighted by Crippen LogP contribution is 2.26. The summed E-state index contributed by atoms with van der Waals surface area (Å²) in [5.41, 5.74) is 3.35. The molecule has 1 fully saturated rings. The van der Waals surface area contributed by atoms with E-state index in [4.69, 9.17) is 9.47 Å². The van der Waals surface area contributed by atoms with Crippen LogP contribution in [0.25, 0.3) is 0 Å². The van der Waals surface area contributed by atoms with Crippen LogP contribution in [0.5, 0.6) is 0 Å². The van der Waals surface area contributed by atoms with Gasteiger partial charge in [-0.1, -0.05) is 64.1 Å². The number of hydrogen-bond acceptors (Lipinski definition) is 9. The van der Waals surface area contributed by atoms with Crippen molar-refractivity contribution in [1.82, 2.24) is 20.3 Å². The van der Waals surface area contributed by atoms with Gasteiger partial charge in [-0.3, -0.25) is 0 Å². The predicted molar refractivity (Wildman–Crippen MR) is 192 cm³/mol. The lowest BCUT2D eigenvalue weighted by atomic mass is 9.96. The van der Waals surface area contributed by atoms with E-state index in [9.17, 15) is 9.59 Å². The Hall–Kier alpha value is -4.05. The molecule has 4 rings (SSSR count). The van der Waals surface area contributed by atoms with Crippen LogP contribution in [0.4, 0.5) is 16.4 Å². The molecule has 1 atom stereocenters. The van der Waals surface area contributed by atoms with Gasteiger partial charge in [0.2, 0.25) is 0 Å². The van der Waals surface area contributed by atoms with Crippen LogP contribution in [0, 0.1) is 12.8 Å². The van der Waals surface area contributed by atoms with Crippen LogP contribution in [-0.2, 0) is 27.3 Å². The summed E-state index contributed by atoms with van der Waals surface area (Å²) in [4.78, 5) is 37.3. The fourth-order valence-electron chi connectivity index (χ4n) is 4.39. The molecule has 0 spiro atoms. The third kappa shape index (κ3) is 16.9. The Labute approximate surface area is 283 Å². The van der Waals surface area contributed by atoms with Crippen molar-refractivity contribution in [3.8, 4) is 0 Å². The first kappa shape index (κ1) is 41.0. The van der Waals surface area contributed by atoms with Gasteiger partial charge in [0.15, 0.2) is 0 Å². The molecule has 0 aliphatic carbocycles. The molecular formula is C37H58N6O4. The predicted octanol–water partition coefficient (Wildman–Crippen LogP) is 7.42. The molecule has 10 heteroatoms. The number of hydrogen-bond donors (Lipinski definition) is 2. The standard InChI is InChI=1S/C18H25N5.C12H15NO3.C5H12O.C2H6/c1-3-16-14(2)21-13-22-18(16)23-10-7-15(8-11-23)12-20-17-6-4-5-9-19-17;1-2-11(8-14)13-12(15)16-9-10-6-4-3-5-7-10;1-5(2,3)6-4;1-2/h4-6,9,13,15H,3,7-8,10-12H2,1-2H3,(H,19,20);3-8,11H,2,9H2,1H3,(H,13,15);1-4H3;1-2H3. The van der Waals surface area contributed by atoms with Crippen LogP contribution >= 0.6 is 0 Å². The first-order chi connectivity index (χ1) is 22.6. The summed E-state index contributed by atoms with van der Waals surface area (Å²) in [7, 11) is 1.71. The van der Waals surface area contributed by atoms with Crippen LogP contribution in [0.15, 0.2) is 61.1 Å². The molecule has 0 saturated carbocycles. The number of nitrogens with zero attached hydrogens (tertiary/aromatic N) is 4. The third-order valence-corrected chi connectivity index (χ3v) is 7.37. The number of nitrogens with one attached hydrogen (secondary N) is 2. The highest BCUT2D eigenvalue weighted by Gasteiger charge is 2.22. The third-order valence-electron chi connectivity index (χ3n) is 7.37. The Bertz CT molecular complexity index is 1250. The van der Waals surface area contributed by atoms with Gasteiger partial charge in [0.25, 0.3) is 0 Å². The van der Waals surface area contributed by atoms with Gasteiger partial charge in [-0.2, -0.15) is 0 Å². The van der Waals surface area contributed by atoms with Crippen LogP contribution in [-0.4, -0.2) is 65.7 Å². The zero-order valence-electron chi connectivity index (χ0n) is 30.1. The molecule has 3 heterocycles. The number of pyridine rings is 1. The van der Waals surface area contributed by atoms with E-state index in [-0.39, 0.29) is 12.2 Å². The van der Waals surface area contributed by atoms with Crippen LogP contribution < -0.4 is 15.5 Å². The highest BCUT2D eigenvalue weighted by molar-refractivity contribution is 5.73. The second-order valence-corrected chi connectivity index (χ2v) is 11.8. The molecule has 260 valence electrons. The number of carbonyl (C=O) groups is 2. The average molecular weight is 651 g/mol. The number of anilines is 2. The molecule has 1 amide bonds. The number of carbonyl (C=O) groups excluding carboxylic acids is 2. The monoisotopic (exact) mass is 650 g/mol. The summed E-state index contributed by atoms with van der Waals surface area (Å²) < 4.78 is 9.89. The van der Waals surface area contributed by atoms with E-state index in [0.717, 1.165) is 48.9 Å². The normalized spacial score (nSPS) is 13.3. The van der Waals surface area contributed by atoms with Gasteiger partial charge in [-0.25, -0.2) is 19.7 Å². The number of amides is 1. The van der Waals surface area contributed by atoms with Crippen molar-refractivity contribution in [3.63, 3.8) is 0 Å². The number of aromatic nitrogens is 3. The van der Waals surface area contributed by atoms with Crippen LogP contribution in [0.2, 0.25) is 0 Å². The van der Waals surface area contributed by atoms with E-state index in [1.165, 1.54) is 18.4 Å². The van der Waals surface area contributed by atoms with Gasteiger partial charge < -0.3 is 29.8 Å². The summed E-state index contributed by atoms with van der Waals surface area (Å²) >= 11 is 0. The van der Waals surface area contributed by atoms with Crippen LogP contribution in [0.1, 0.15) is 84.5 Å². The SMILES string of the molecule is CC.CCC(C=O)NC(=O)OCc1ccccc1.CCc1c(C)ncnc1N1CCC(CNc2ccccn2)CC1.COC(C)(C)C. The van der Waals surface area contributed by atoms with Crippen molar-refractivity contribution in [1.29, 1.82) is 0 Å². The van der Waals surface area contributed by atoms with Crippen molar-refractivity contribution in [3.05, 3.63) is 77.9 Å². The molecule has 3 aromatic rings. The molecule has 1 aromatic carbocycles.